The van der Waals surface area contributed by atoms with Crippen molar-refractivity contribution in [1.29, 1.82) is 0 Å². The smallest absolute Gasteiger partial charge is 0.0711 e. The number of aryl methyl sites for hydroxylation is 2. The normalized spacial score (nSPS) is 10.5. The van der Waals surface area contributed by atoms with Gasteiger partial charge in [-0.3, -0.25) is 4.98 Å². The van der Waals surface area contributed by atoms with Gasteiger partial charge in [-0.1, -0.05) is 31.7 Å². The summed E-state index contributed by atoms with van der Waals surface area (Å²) < 4.78 is 0. The molecule has 0 atom stereocenters. The molecule has 1 heteroatoms. The fraction of sp³-hybridized carbons (Fsp3) is 0.214. The molecule has 0 unspecified atom stereocenters. The second-order valence-corrected chi connectivity index (χ2v) is 3.76. The highest BCUT2D eigenvalue weighted by molar-refractivity contribution is 5.81. The predicted octanol–water partition coefficient (Wildman–Crippen LogP) is 3.75. The third-order valence-electron chi connectivity index (χ3n) is 2.71. The van der Waals surface area contributed by atoms with Crippen molar-refractivity contribution in [3.05, 3.63) is 47.7 Å². The summed E-state index contributed by atoms with van der Waals surface area (Å²) >= 11 is 0. The molecule has 2 aromatic rings. The summed E-state index contributed by atoms with van der Waals surface area (Å²) in [7, 11) is 0. The summed E-state index contributed by atoms with van der Waals surface area (Å²) in [5.74, 6) is 0. The maximum absolute atomic E-state index is 4.65. The van der Waals surface area contributed by atoms with E-state index in [9.17, 15) is 0 Å². The van der Waals surface area contributed by atoms with Gasteiger partial charge in [0.2, 0.25) is 0 Å². The van der Waals surface area contributed by atoms with Crippen LogP contribution < -0.4 is 0 Å². The quantitative estimate of drug-likeness (QED) is 0.714. The van der Waals surface area contributed by atoms with Crippen LogP contribution in [0.2, 0.25) is 0 Å². The van der Waals surface area contributed by atoms with Gasteiger partial charge in [0.15, 0.2) is 0 Å². The van der Waals surface area contributed by atoms with Crippen molar-refractivity contribution in [1.82, 2.24) is 4.98 Å². The van der Waals surface area contributed by atoms with Gasteiger partial charge in [-0.2, -0.15) is 0 Å². The first kappa shape index (κ1) is 9.91. The van der Waals surface area contributed by atoms with Gasteiger partial charge in [0.1, 0.15) is 0 Å². The van der Waals surface area contributed by atoms with Gasteiger partial charge in [-0.15, -0.1) is 0 Å². The molecule has 0 saturated carbocycles. The Balaban J connectivity index is 2.71. The standard InChI is InChI=1S/C14H15N/c1-4-11-6-7-12-8-10(3)13(5-2)15-14(12)9-11/h4,6-9H,1,5H2,2-3H3. The monoisotopic (exact) mass is 197 g/mol. The van der Waals surface area contributed by atoms with Crippen LogP contribution in [0.25, 0.3) is 17.0 Å². The van der Waals surface area contributed by atoms with Crippen LogP contribution in [-0.2, 0) is 6.42 Å². The highest BCUT2D eigenvalue weighted by Crippen LogP contribution is 2.18. The molecule has 0 aliphatic rings. The third-order valence-corrected chi connectivity index (χ3v) is 2.71. The molecule has 2 rings (SSSR count). The molecule has 1 aromatic heterocycles. The lowest BCUT2D eigenvalue weighted by atomic mass is 10.1. The number of pyridine rings is 1. The molecule has 0 spiro atoms. The van der Waals surface area contributed by atoms with Gasteiger partial charge in [0, 0.05) is 11.1 Å². The van der Waals surface area contributed by atoms with E-state index in [1.165, 1.54) is 16.6 Å². The molecule has 0 aliphatic carbocycles. The molecule has 0 radical (unpaired) electrons. The van der Waals surface area contributed by atoms with E-state index in [2.05, 4.69) is 49.7 Å². The minimum Gasteiger partial charge on any atom is -0.253 e. The molecule has 0 aliphatic heterocycles. The molecule has 0 saturated heterocycles. The SMILES string of the molecule is C=Cc1ccc2cc(C)c(CC)nc2c1. The maximum Gasteiger partial charge on any atom is 0.0711 e. The van der Waals surface area contributed by atoms with Crippen LogP contribution >= 0.6 is 0 Å². The highest BCUT2D eigenvalue weighted by Gasteiger charge is 2.01. The van der Waals surface area contributed by atoms with E-state index in [4.69, 9.17) is 0 Å². The second-order valence-electron chi connectivity index (χ2n) is 3.76. The van der Waals surface area contributed by atoms with Crippen molar-refractivity contribution < 1.29 is 0 Å². The van der Waals surface area contributed by atoms with Crippen LogP contribution in [0.15, 0.2) is 30.8 Å². The lowest BCUT2D eigenvalue weighted by molar-refractivity contribution is 1.03. The fourth-order valence-corrected chi connectivity index (χ4v) is 1.81. The van der Waals surface area contributed by atoms with E-state index in [0.717, 1.165) is 17.5 Å². The number of hydrogen-bond acceptors (Lipinski definition) is 1. The molecule has 1 heterocycles. The summed E-state index contributed by atoms with van der Waals surface area (Å²) in [4.78, 5) is 4.65. The minimum atomic E-state index is 0.986. The Labute approximate surface area is 90.5 Å². The first-order valence-corrected chi connectivity index (χ1v) is 5.27. The minimum absolute atomic E-state index is 0.986. The lowest BCUT2D eigenvalue weighted by Gasteiger charge is -2.05. The molecular weight excluding hydrogens is 182 g/mol. The number of nitrogens with zero attached hydrogens (tertiary/aromatic N) is 1. The molecule has 76 valence electrons. The number of benzene rings is 1. The molecule has 1 aromatic carbocycles. The topological polar surface area (TPSA) is 12.9 Å². The second kappa shape index (κ2) is 3.85. The number of fused-ring (bicyclic) bond motifs is 1. The molecule has 1 nitrogen and oxygen atoms in total. The molecule has 15 heavy (non-hydrogen) atoms. The van der Waals surface area contributed by atoms with Gasteiger partial charge in [0.05, 0.1) is 5.52 Å². The highest BCUT2D eigenvalue weighted by atomic mass is 14.7. The Morgan fingerprint density at radius 1 is 1.33 bits per heavy atom. The Bertz CT molecular complexity index is 512. The van der Waals surface area contributed by atoms with E-state index in [1.54, 1.807) is 0 Å². The van der Waals surface area contributed by atoms with Gasteiger partial charge >= 0.3 is 0 Å². The molecule has 0 fully saturated rings. The zero-order chi connectivity index (χ0) is 10.8. The summed E-state index contributed by atoms with van der Waals surface area (Å²) in [6.07, 6.45) is 2.84. The van der Waals surface area contributed by atoms with Crippen LogP contribution in [0.5, 0.6) is 0 Å². The Kier molecular flexibility index (Phi) is 2.55. The molecule has 0 N–H and O–H groups in total. The van der Waals surface area contributed by atoms with E-state index < -0.39 is 0 Å². The third kappa shape index (κ3) is 1.78. The van der Waals surface area contributed by atoms with Crippen molar-refractivity contribution in [2.45, 2.75) is 20.3 Å². The van der Waals surface area contributed by atoms with E-state index in [0.29, 0.717) is 0 Å². The average Bonchev–Trinajstić information content (AvgIpc) is 2.27. The molecular formula is C14H15N. The number of hydrogen-bond donors (Lipinski definition) is 0. The van der Waals surface area contributed by atoms with Crippen molar-refractivity contribution in [3.8, 4) is 0 Å². The predicted molar refractivity (Wildman–Crippen MR) is 65.9 cm³/mol. The van der Waals surface area contributed by atoms with Crippen LogP contribution in [0, 0.1) is 6.92 Å². The van der Waals surface area contributed by atoms with Crippen molar-refractivity contribution in [2.24, 2.45) is 0 Å². The zero-order valence-electron chi connectivity index (χ0n) is 9.25. The van der Waals surface area contributed by atoms with Crippen LogP contribution in [0.3, 0.4) is 0 Å². The van der Waals surface area contributed by atoms with Gasteiger partial charge in [0.25, 0.3) is 0 Å². The van der Waals surface area contributed by atoms with Gasteiger partial charge in [-0.05, 0) is 36.6 Å². The van der Waals surface area contributed by atoms with E-state index >= 15 is 0 Å². The van der Waals surface area contributed by atoms with Crippen molar-refractivity contribution in [2.75, 3.05) is 0 Å². The average molecular weight is 197 g/mol. The number of aromatic nitrogens is 1. The Hall–Kier alpha value is -1.63. The Morgan fingerprint density at radius 2 is 2.13 bits per heavy atom. The summed E-state index contributed by atoms with van der Waals surface area (Å²) in [5.41, 5.74) is 4.65. The van der Waals surface area contributed by atoms with Gasteiger partial charge < -0.3 is 0 Å². The zero-order valence-corrected chi connectivity index (χ0v) is 9.25. The number of rotatable bonds is 2. The Morgan fingerprint density at radius 3 is 2.80 bits per heavy atom. The summed E-state index contributed by atoms with van der Waals surface area (Å²) in [5, 5.41) is 1.20. The van der Waals surface area contributed by atoms with Crippen molar-refractivity contribution >= 4 is 17.0 Å². The first-order valence-electron chi connectivity index (χ1n) is 5.27. The lowest BCUT2D eigenvalue weighted by Crippen LogP contribution is -1.92. The first-order chi connectivity index (χ1) is 7.24. The fourth-order valence-electron chi connectivity index (χ4n) is 1.81. The maximum atomic E-state index is 4.65. The van der Waals surface area contributed by atoms with Crippen LogP contribution in [-0.4, -0.2) is 4.98 Å². The summed E-state index contributed by atoms with van der Waals surface area (Å²) in [6, 6.07) is 8.46. The van der Waals surface area contributed by atoms with Crippen LogP contribution in [0.4, 0.5) is 0 Å². The van der Waals surface area contributed by atoms with Crippen molar-refractivity contribution in [3.63, 3.8) is 0 Å². The van der Waals surface area contributed by atoms with Gasteiger partial charge in [-0.25, -0.2) is 0 Å². The summed E-state index contributed by atoms with van der Waals surface area (Å²) in [6.45, 7) is 8.03. The van der Waals surface area contributed by atoms with E-state index in [-0.39, 0.29) is 0 Å². The van der Waals surface area contributed by atoms with Crippen LogP contribution in [0.1, 0.15) is 23.7 Å². The molecule has 0 bridgehead atoms. The van der Waals surface area contributed by atoms with E-state index in [1.807, 2.05) is 6.08 Å². The largest absolute Gasteiger partial charge is 0.253 e. The molecule has 0 amide bonds.